The van der Waals surface area contributed by atoms with Gasteiger partial charge in [0.15, 0.2) is 9.84 Å². The van der Waals surface area contributed by atoms with Gasteiger partial charge in [0.25, 0.3) is 0 Å². The molecule has 5 nitrogen and oxygen atoms in total. The van der Waals surface area contributed by atoms with Crippen molar-refractivity contribution < 1.29 is 22.2 Å². The molecule has 1 heterocycles. The molecule has 0 spiro atoms. The van der Waals surface area contributed by atoms with Crippen LogP contribution in [0.5, 0.6) is 0 Å². The first-order chi connectivity index (χ1) is 8.57. The topological polar surface area (TPSA) is 77.5 Å². The normalized spacial score (nSPS) is 24.1. The lowest BCUT2D eigenvalue weighted by molar-refractivity contribution is -0.154. The molecule has 7 heteroatoms. The molecule has 0 aliphatic carbocycles. The Balaban J connectivity index is 2.27. The van der Waals surface area contributed by atoms with Crippen LogP contribution < -0.4 is 0 Å². The standard InChI is InChI=1S/C12H22O5S2/c1-12(2,3)17-11(13)4-6-18(14)8-10-5-7-19(15,16)9-10/h10H,4-9H2,1-3H3/t10-,18+/m1/s1. The molecule has 1 aliphatic rings. The zero-order chi connectivity index (χ0) is 14.7. The number of carbonyl (C=O) groups excluding carboxylic acids is 1. The predicted molar refractivity (Wildman–Crippen MR) is 75.1 cm³/mol. The summed E-state index contributed by atoms with van der Waals surface area (Å²) in [6, 6.07) is 0. The van der Waals surface area contributed by atoms with E-state index < -0.39 is 26.2 Å². The molecule has 19 heavy (non-hydrogen) atoms. The molecule has 0 aromatic rings. The highest BCUT2D eigenvalue weighted by Gasteiger charge is 2.29. The van der Waals surface area contributed by atoms with E-state index in [1.165, 1.54) is 0 Å². The lowest BCUT2D eigenvalue weighted by atomic mass is 10.2. The maximum Gasteiger partial charge on any atom is 0.307 e. The fraction of sp³-hybridized carbons (Fsp3) is 0.917. The van der Waals surface area contributed by atoms with Crippen LogP contribution in [0, 0.1) is 5.92 Å². The highest BCUT2D eigenvalue weighted by Crippen LogP contribution is 2.19. The van der Waals surface area contributed by atoms with Crippen LogP contribution in [0.2, 0.25) is 0 Å². The lowest BCUT2D eigenvalue weighted by Gasteiger charge is -2.19. The summed E-state index contributed by atoms with van der Waals surface area (Å²) in [5.74, 6) is 0.545. The predicted octanol–water partition coefficient (Wildman–Crippen LogP) is 0.902. The van der Waals surface area contributed by atoms with Crippen molar-refractivity contribution in [3.8, 4) is 0 Å². The molecular formula is C12H22O5S2. The Hall–Kier alpha value is -0.430. The maximum atomic E-state index is 11.8. The molecule has 1 aliphatic heterocycles. The first-order valence-electron chi connectivity index (χ1n) is 6.35. The quantitative estimate of drug-likeness (QED) is 0.705. The number of esters is 1. The molecule has 0 aromatic carbocycles. The van der Waals surface area contributed by atoms with Crippen molar-refractivity contribution in [2.45, 2.75) is 39.2 Å². The van der Waals surface area contributed by atoms with Crippen molar-refractivity contribution in [1.82, 2.24) is 0 Å². The smallest absolute Gasteiger partial charge is 0.307 e. The van der Waals surface area contributed by atoms with Crippen LogP contribution in [0.3, 0.4) is 0 Å². The maximum absolute atomic E-state index is 11.8. The van der Waals surface area contributed by atoms with Gasteiger partial charge in [-0.05, 0) is 33.1 Å². The van der Waals surface area contributed by atoms with E-state index in [1.807, 2.05) is 0 Å². The molecule has 2 atom stereocenters. The Labute approximate surface area is 117 Å². The Morgan fingerprint density at radius 1 is 1.37 bits per heavy atom. The van der Waals surface area contributed by atoms with Crippen molar-refractivity contribution in [1.29, 1.82) is 0 Å². The molecular weight excluding hydrogens is 288 g/mol. The van der Waals surface area contributed by atoms with E-state index in [0.717, 1.165) is 0 Å². The summed E-state index contributed by atoms with van der Waals surface area (Å²) < 4.78 is 39.5. The summed E-state index contributed by atoms with van der Waals surface area (Å²) >= 11 is 0. The number of hydrogen-bond donors (Lipinski definition) is 0. The van der Waals surface area contributed by atoms with Gasteiger partial charge in [-0.2, -0.15) is 0 Å². The largest absolute Gasteiger partial charge is 0.460 e. The van der Waals surface area contributed by atoms with Gasteiger partial charge in [0.1, 0.15) is 5.60 Å². The second kappa shape index (κ2) is 6.35. The summed E-state index contributed by atoms with van der Waals surface area (Å²) in [7, 11) is -4.08. The van der Waals surface area contributed by atoms with Gasteiger partial charge in [0.05, 0.1) is 17.9 Å². The van der Waals surface area contributed by atoms with Crippen molar-refractivity contribution in [3.63, 3.8) is 0 Å². The summed E-state index contributed by atoms with van der Waals surface area (Å²) in [5, 5.41) is 0. The minimum Gasteiger partial charge on any atom is -0.460 e. The minimum atomic E-state index is -2.92. The van der Waals surface area contributed by atoms with Crippen LogP contribution in [-0.2, 0) is 30.2 Å². The SMILES string of the molecule is CC(C)(C)OC(=O)CC[S@](=O)C[C@H]1CCS(=O)(=O)C1. The van der Waals surface area contributed by atoms with Gasteiger partial charge in [0, 0.05) is 22.3 Å². The number of ether oxygens (including phenoxy) is 1. The Morgan fingerprint density at radius 3 is 2.47 bits per heavy atom. The van der Waals surface area contributed by atoms with Gasteiger partial charge in [-0.15, -0.1) is 0 Å². The summed E-state index contributed by atoms with van der Waals surface area (Å²) in [4.78, 5) is 11.5. The van der Waals surface area contributed by atoms with Crippen molar-refractivity contribution in [2.75, 3.05) is 23.0 Å². The molecule has 1 fully saturated rings. The first-order valence-corrected chi connectivity index (χ1v) is 9.65. The number of sulfone groups is 1. The molecule has 0 bridgehead atoms. The third-order valence-electron chi connectivity index (χ3n) is 2.70. The Morgan fingerprint density at radius 2 is 2.00 bits per heavy atom. The first kappa shape index (κ1) is 16.6. The van der Waals surface area contributed by atoms with Crippen LogP contribution in [0.25, 0.3) is 0 Å². The van der Waals surface area contributed by atoms with Crippen LogP contribution in [0.1, 0.15) is 33.6 Å². The van der Waals surface area contributed by atoms with E-state index in [-0.39, 0.29) is 35.6 Å². The molecule has 0 radical (unpaired) electrons. The van der Waals surface area contributed by atoms with Crippen LogP contribution in [-0.4, -0.2) is 47.2 Å². The van der Waals surface area contributed by atoms with E-state index in [4.69, 9.17) is 4.74 Å². The van der Waals surface area contributed by atoms with Crippen LogP contribution in [0.4, 0.5) is 0 Å². The molecule has 0 N–H and O–H groups in total. The van der Waals surface area contributed by atoms with Gasteiger partial charge >= 0.3 is 5.97 Å². The molecule has 0 amide bonds. The van der Waals surface area contributed by atoms with Crippen molar-refractivity contribution >= 4 is 26.6 Å². The monoisotopic (exact) mass is 310 g/mol. The minimum absolute atomic E-state index is 0.0236. The molecule has 1 rings (SSSR count). The van der Waals surface area contributed by atoms with Gasteiger partial charge in [0.2, 0.25) is 0 Å². The summed E-state index contributed by atoms with van der Waals surface area (Å²) in [6.45, 7) is 5.35. The average Bonchev–Trinajstić information content (AvgIpc) is 2.52. The summed E-state index contributed by atoms with van der Waals surface area (Å²) in [5.41, 5.74) is -0.530. The third kappa shape index (κ3) is 7.06. The zero-order valence-electron chi connectivity index (χ0n) is 11.7. The zero-order valence-corrected chi connectivity index (χ0v) is 13.3. The van der Waals surface area contributed by atoms with Gasteiger partial charge in [-0.25, -0.2) is 8.42 Å². The third-order valence-corrected chi connectivity index (χ3v) is 6.04. The Bertz CT molecular complexity index is 447. The highest BCUT2D eigenvalue weighted by molar-refractivity contribution is 7.91. The molecule has 112 valence electrons. The van der Waals surface area contributed by atoms with E-state index in [2.05, 4.69) is 0 Å². The summed E-state index contributed by atoms with van der Waals surface area (Å²) in [6.07, 6.45) is 0.698. The Kier molecular flexibility index (Phi) is 5.55. The fourth-order valence-corrected chi connectivity index (χ4v) is 5.32. The van der Waals surface area contributed by atoms with Crippen molar-refractivity contribution in [3.05, 3.63) is 0 Å². The number of hydrogen-bond acceptors (Lipinski definition) is 5. The van der Waals surface area contributed by atoms with E-state index in [0.29, 0.717) is 12.2 Å². The van der Waals surface area contributed by atoms with Crippen LogP contribution in [0.15, 0.2) is 0 Å². The second-order valence-electron chi connectivity index (χ2n) is 5.92. The van der Waals surface area contributed by atoms with Gasteiger partial charge in [-0.1, -0.05) is 0 Å². The average molecular weight is 310 g/mol. The molecule has 0 unspecified atom stereocenters. The molecule has 0 saturated carbocycles. The van der Waals surface area contributed by atoms with E-state index in [9.17, 15) is 17.4 Å². The van der Waals surface area contributed by atoms with Gasteiger partial charge in [-0.3, -0.25) is 9.00 Å². The number of rotatable bonds is 5. The van der Waals surface area contributed by atoms with E-state index >= 15 is 0 Å². The number of carbonyl (C=O) groups is 1. The van der Waals surface area contributed by atoms with Gasteiger partial charge < -0.3 is 4.74 Å². The van der Waals surface area contributed by atoms with E-state index in [1.54, 1.807) is 20.8 Å². The van der Waals surface area contributed by atoms with Crippen LogP contribution >= 0.6 is 0 Å². The molecule has 0 aromatic heterocycles. The fourth-order valence-electron chi connectivity index (χ4n) is 1.94. The van der Waals surface area contributed by atoms with Crippen molar-refractivity contribution in [2.24, 2.45) is 5.92 Å². The second-order valence-corrected chi connectivity index (χ2v) is 9.77. The molecule has 1 saturated heterocycles. The highest BCUT2D eigenvalue weighted by atomic mass is 32.2. The lowest BCUT2D eigenvalue weighted by Crippen LogP contribution is -2.25.